The van der Waals surface area contributed by atoms with Gasteiger partial charge in [-0.05, 0) is 37.1 Å². The number of benzene rings is 1. The van der Waals surface area contributed by atoms with Crippen molar-refractivity contribution in [1.29, 1.82) is 0 Å². The van der Waals surface area contributed by atoms with Crippen molar-refractivity contribution < 1.29 is 14.6 Å². The molecule has 1 amide bonds. The highest BCUT2D eigenvalue weighted by Gasteiger charge is 2.38. The number of hydrogen-bond acceptors (Lipinski definition) is 3. The molecule has 1 aliphatic carbocycles. The fourth-order valence-electron chi connectivity index (χ4n) is 2.73. The maximum Gasteiger partial charge on any atom is 0.223 e. The SMILES string of the molecule is CC1(CO)CCCC1NC(=O)CCOc1ccc(Cl)cc1. The maximum atomic E-state index is 12.0. The van der Waals surface area contributed by atoms with Crippen LogP contribution < -0.4 is 10.1 Å². The van der Waals surface area contributed by atoms with Crippen molar-refractivity contribution in [2.45, 2.75) is 38.6 Å². The molecule has 1 aliphatic rings. The zero-order chi connectivity index (χ0) is 15.3. The quantitative estimate of drug-likeness (QED) is 0.849. The van der Waals surface area contributed by atoms with Gasteiger partial charge in [0.15, 0.2) is 0 Å². The van der Waals surface area contributed by atoms with Crippen LogP contribution in [0, 0.1) is 5.41 Å². The maximum absolute atomic E-state index is 12.0. The number of carbonyl (C=O) groups is 1. The molecule has 1 fully saturated rings. The topological polar surface area (TPSA) is 58.6 Å². The summed E-state index contributed by atoms with van der Waals surface area (Å²) in [5, 5.41) is 13.1. The van der Waals surface area contributed by atoms with E-state index in [9.17, 15) is 9.90 Å². The van der Waals surface area contributed by atoms with Crippen molar-refractivity contribution in [1.82, 2.24) is 5.32 Å². The number of amides is 1. The number of halogens is 1. The van der Waals surface area contributed by atoms with Gasteiger partial charge in [-0.15, -0.1) is 0 Å². The third-order valence-corrected chi connectivity index (χ3v) is 4.44. The molecule has 0 aromatic heterocycles. The van der Waals surface area contributed by atoms with Crippen LogP contribution in [0.1, 0.15) is 32.6 Å². The van der Waals surface area contributed by atoms with E-state index in [1.54, 1.807) is 24.3 Å². The van der Waals surface area contributed by atoms with Gasteiger partial charge in [-0.1, -0.05) is 24.9 Å². The zero-order valence-electron chi connectivity index (χ0n) is 12.3. The van der Waals surface area contributed by atoms with Gasteiger partial charge in [0.25, 0.3) is 0 Å². The summed E-state index contributed by atoms with van der Waals surface area (Å²) in [6.45, 7) is 2.46. The van der Waals surface area contributed by atoms with Crippen molar-refractivity contribution in [3.8, 4) is 5.75 Å². The second-order valence-corrected chi connectivity index (χ2v) is 6.31. The van der Waals surface area contributed by atoms with Crippen LogP contribution in [0.4, 0.5) is 0 Å². The summed E-state index contributed by atoms with van der Waals surface area (Å²) >= 11 is 5.79. The first-order valence-electron chi connectivity index (χ1n) is 7.32. The fourth-order valence-corrected chi connectivity index (χ4v) is 2.85. The monoisotopic (exact) mass is 311 g/mol. The summed E-state index contributed by atoms with van der Waals surface area (Å²) < 4.78 is 5.51. The molecule has 4 nitrogen and oxygen atoms in total. The van der Waals surface area contributed by atoms with Crippen molar-refractivity contribution in [3.05, 3.63) is 29.3 Å². The molecule has 5 heteroatoms. The number of carbonyl (C=O) groups excluding carboxylic acids is 1. The minimum Gasteiger partial charge on any atom is -0.493 e. The van der Waals surface area contributed by atoms with Crippen LogP contribution >= 0.6 is 11.6 Å². The van der Waals surface area contributed by atoms with Crippen LogP contribution in [0.15, 0.2) is 24.3 Å². The average molecular weight is 312 g/mol. The summed E-state index contributed by atoms with van der Waals surface area (Å²) in [5.41, 5.74) is -0.188. The molecule has 2 rings (SSSR count). The van der Waals surface area contributed by atoms with Gasteiger partial charge in [-0.3, -0.25) is 4.79 Å². The molecule has 116 valence electrons. The molecule has 0 spiro atoms. The highest BCUT2D eigenvalue weighted by Crippen LogP contribution is 2.37. The molecule has 0 heterocycles. The summed E-state index contributed by atoms with van der Waals surface area (Å²) in [4.78, 5) is 12.0. The first-order chi connectivity index (χ1) is 10.0. The smallest absolute Gasteiger partial charge is 0.223 e. The minimum absolute atomic E-state index is 0.0319. The molecule has 2 N–H and O–H groups in total. The molecular formula is C16H22ClNO3. The van der Waals surface area contributed by atoms with Gasteiger partial charge < -0.3 is 15.2 Å². The first-order valence-corrected chi connectivity index (χ1v) is 7.70. The molecule has 0 radical (unpaired) electrons. The Balaban J connectivity index is 1.74. The molecular weight excluding hydrogens is 290 g/mol. The zero-order valence-corrected chi connectivity index (χ0v) is 13.0. The van der Waals surface area contributed by atoms with Crippen LogP contribution in [0.2, 0.25) is 5.02 Å². The molecule has 0 saturated heterocycles. The van der Waals surface area contributed by atoms with Gasteiger partial charge in [-0.25, -0.2) is 0 Å². The fraction of sp³-hybridized carbons (Fsp3) is 0.562. The van der Waals surface area contributed by atoms with E-state index in [1.807, 2.05) is 6.92 Å². The second kappa shape index (κ2) is 7.14. The molecule has 0 bridgehead atoms. The third kappa shape index (κ3) is 4.35. The number of hydrogen-bond donors (Lipinski definition) is 2. The van der Waals surface area contributed by atoms with Crippen LogP contribution in [-0.2, 0) is 4.79 Å². The Labute approximate surface area is 130 Å². The minimum atomic E-state index is -0.188. The lowest BCUT2D eigenvalue weighted by atomic mass is 9.86. The van der Waals surface area contributed by atoms with E-state index >= 15 is 0 Å². The first kappa shape index (κ1) is 16.1. The third-order valence-electron chi connectivity index (χ3n) is 4.19. The van der Waals surface area contributed by atoms with E-state index in [2.05, 4.69) is 5.32 Å². The number of ether oxygens (including phenoxy) is 1. The molecule has 1 aromatic carbocycles. The molecule has 1 saturated carbocycles. The van der Waals surface area contributed by atoms with Gasteiger partial charge in [0.1, 0.15) is 5.75 Å². The van der Waals surface area contributed by atoms with Gasteiger partial charge in [0.05, 0.1) is 19.6 Å². The Morgan fingerprint density at radius 2 is 2.19 bits per heavy atom. The van der Waals surface area contributed by atoms with Crippen molar-refractivity contribution in [2.75, 3.05) is 13.2 Å². The van der Waals surface area contributed by atoms with E-state index < -0.39 is 0 Å². The Morgan fingerprint density at radius 3 is 2.86 bits per heavy atom. The van der Waals surface area contributed by atoms with Crippen LogP contribution in [0.5, 0.6) is 5.75 Å². The van der Waals surface area contributed by atoms with Gasteiger partial charge in [0.2, 0.25) is 5.91 Å². The van der Waals surface area contributed by atoms with Crippen LogP contribution in [0.3, 0.4) is 0 Å². The number of aliphatic hydroxyl groups is 1. The number of rotatable bonds is 6. The van der Waals surface area contributed by atoms with E-state index in [-0.39, 0.29) is 24.0 Å². The number of nitrogens with one attached hydrogen (secondary N) is 1. The molecule has 2 unspecified atom stereocenters. The Morgan fingerprint density at radius 1 is 1.48 bits per heavy atom. The normalized spacial score (nSPS) is 24.8. The van der Waals surface area contributed by atoms with Gasteiger partial charge in [0, 0.05) is 16.5 Å². The van der Waals surface area contributed by atoms with Crippen molar-refractivity contribution >= 4 is 17.5 Å². The van der Waals surface area contributed by atoms with E-state index in [1.165, 1.54) is 0 Å². The molecule has 1 aromatic rings. The van der Waals surface area contributed by atoms with E-state index in [0.717, 1.165) is 19.3 Å². The van der Waals surface area contributed by atoms with E-state index in [0.29, 0.717) is 23.8 Å². The lowest BCUT2D eigenvalue weighted by molar-refractivity contribution is -0.123. The largest absolute Gasteiger partial charge is 0.493 e. The average Bonchev–Trinajstić information content (AvgIpc) is 2.83. The molecule has 2 atom stereocenters. The van der Waals surface area contributed by atoms with Crippen molar-refractivity contribution in [2.24, 2.45) is 5.41 Å². The highest BCUT2D eigenvalue weighted by atomic mass is 35.5. The van der Waals surface area contributed by atoms with Crippen LogP contribution in [-0.4, -0.2) is 30.3 Å². The van der Waals surface area contributed by atoms with Gasteiger partial charge >= 0.3 is 0 Å². The highest BCUT2D eigenvalue weighted by molar-refractivity contribution is 6.30. The summed E-state index contributed by atoms with van der Waals surface area (Å²) in [6, 6.07) is 7.12. The molecule has 21 heavy (non-hydrogen) atoms. The molecule has 0 aliphatic heterocycles. The summed E-state index contributed by atoms with van der Waals surface area (Å²) in [6.07, 6.45) is 3.24. The second-order valence-electron chi connectivity index (χ2n) is 5.88. The van der Waals surface area contributed by atoms with Crippen LogP contribution in [0.25, 0.3) is 0 Å². The predicted octanol–water partition coefficient (Wildman–Crippen LogP) is 2.78. The summed E-state index contributed by atoms with van der Waals surface area (Å²) in [5.74, 6) is 0.670. The Hall–Kier alpha value is -1.26. The number of aliphatic hydroxyl groups excluding tert-OH is 1. The predicted molar refractivity (Wildman–Crippen MR) is 82.5 cm³/mol. The lowest BCUT2D eigenvalue weighted by Crippen LogP contribution is -2.45. The summed E-state index contributed by atoms with van der Waals surface area (Å²) in [7, 11) is 0. The van der Waals surface area contributed by atoms with Gasteiger partial charge in [-0.2, -0.15) is 0 Å². The Kier molecular flexibility index (Phi) is 5.48. The lowest BCUT2D eigenvalue weighted by Gasteiger charge is -2.30. The Bertz CT molecular complexity index is 477. The standard InChI is InChI=1S/C16H22ClNO3/c1-16(11-19)9-2-3-14(16)18-15(20)8-10-21-13-6-4-12(17)5-7-13/h4-7,14,19H,2-3,8-11H2,1H3,(H,18,20). The van der Waals surface area contributed by atoms with Crippen molar-refractivity contribution in [3.63, 3.8) is 0 Å². The van der Waals surface area contributed by atoms with E-state index in [4.69, 9.17) is 16.3 Å².